The first-order valence-electron chi connectivity index (χ1n) is 5.95. The van der Waals surface area contributed by atoms with Gasteiger partial charge in [-0.1, -0.05) is 15.9 Å². The van der Waals surface area contributed by atoms with E-state index in [1.807, 2.05) is 12.1 Å². The number of ether oxygens (including phenoxy) is 2. The maximum absolute atomic E-state index is 12.0. The fourth-order valence-corrected chi connectivity index (χ4v) is 2.29. The third-order valence-electron chi connectivity index (χ3n) is 2.85. The van der Waals surface area contributed by atoms with Crippen LogP contribution in [0.4, 0.5) is 0 Å². The average Bonchev–Trinajstić information content (AvgIpc) is 2.92. The van der Waals surface area contributed by atoms with E-state index in [1.54, 1.807) is 30.6 Å². The van der Waals surface area contributed by atoms with Crippen LogP contribution in [0.25, 0.3) is 6.08 Å². The van der Waals surface area contributed by atoms with Crippen LogP contribution in [0.2, 0.25) is 0 Å². The van der Waals surface area contributed by atoms with E-state index in [1.165, 1.54) is 6.08 Å². The molecule has 0 fully saturated rings. The van der Waals surface area contributed by atoms with Gasteiger partial charge in [-0.05, 0) is 42.0 Å². The molecule has 0 amide bonds. The van der Waals surface area contributed by atoms with Crippen LogP contribution >= 0.6 is 15.9 Å². The number of fused-ring (bicyclic) bond motifs is 1. The Balaban J connectivity index is 1.84. The molecular weight excluding hydrogens is 322 g/mol. The fraction of sp³-hybridized carbons (Fsp3) is 0.0667. The van der Waals surface area contributed by atoms with Crippen LogP contribution in [0.15, 0.2) is 47.2 Å². The highest BCUT2D eigenvalue weighted by Gasteiger charge is 2.15. The lowest BCUT2D eigenvalue weighted by Gasteiger charge is -2.01. The van der Waals surface area contributed by atoms with Crippen molar-refractivity contribution in [3.8, 4) is 11.5 Å². The van der Waals surface area contributed by atoms with Crippen LogP contribution in [0, 0.1) is 0 Å². The van der Waals surface area contributed by atoms with E-state index in [-0.39, 0.29) is 12.6 Å². The Morgan fingerprint density at radius 1 is 1.30 bits per heavy atom. The first-order chi connectivity index (χ1) is 9.74. The molecule has 2 aromatic rings. The fourth-order valence-electron chi connectivity index (χ4n) is 1.83. The number of nitrogens with zero attached hydrogens (tertiary/aromatic N) is 1. The van der Waals surface area contributed by atoms with E-state index in [4.69, 9.17) is 9.47 Å². The van der Waals surface area contributed by atoms with E-state index < -0.39 is 0 Å². The highest BCUT2D eigenvalue weighted by atomic mass is 79.9. The Labute approximate surface area is 124 Å². The number of carbonyl (C=O) groups excluding carboxylic acids is 1. The molecule has 4 nitrogen and oxygen atoms in total. The summed E-state index contributed by atoms with van der Waals surface area (Å²) in [6.07, 6.45) is 6.43. The number of benzene rings is 1. The van der Waals surface area contributed by atoms with Crippen molar-refractivity contribution in [1.82, 2.24) is 4.98 Å². The summed E-state index contributed by atoms with van der Waals surface area (Å²) in [6, 6.07) is 7.13. The molecule has 2 heterocycles. The van der Waals surface area contributed by atoms with Crippen LogP contribution in [-0.4, -0.2) is 17.6 Å². The van der Waals surface area contributed by atoms with Crippen molar-refractivity contribution in [1.29, 1.82) is 0 Å². The summed E-state index contributed by atoms with van der Waals surface area (Å²) >= 11 is 3.45. The van der Waals surface area contributed by atoms with Crippen molar-refractivity contribution >= 4 is 27.8 Å². The van der Waals surface area contributed by atoms with Gasteiger partial charge in [-0.2, -0.15) is 0 Å². The van der Waals surface area contributed by atoms with Crippen LogP contribution in [0.1, 0.15) is 15.9 Å². The number of halogens is 1. The van der Waals surface area contributed by atoms with Crippen LogP contribution in [-0.2, 0) is 0 Å². The molecule has 100 valence electrons. The molecule has 0 aliphatic carbocycles. The Hall–Kier alpha value is -2.14. The molecule has 3 rings (SSSR count). The highest BCUT2D eigenvalue weighted by Crippen LogP contribution is 2.37. The smallest absolute Gasteiger partial charge is 0.231 e. The molecule has 1 aliphatic rings. The highest BCUT2D eigenvalue weighted by molar-refractivity contribution is 9.10. The number of carbonyl (C=O) groups is 1. The predicted molar refractivity (Wildman–Crippen MR) is 77.9 cm³/mol. The molecule has 0 bridgehead atoms. The Bertz CT molecular complexity index is 683. The molecule has 1 aromatic carbocycles. The molecule has 0 unspecified atom stereocenters. The van der Waals surface area contributed by atoms with Crippen molar-refractivity contribution < 1.29 is 14.3 Å². The number of rotatable bonds is 3. The quantitative estimate of drug-likeness (QED) is 0.638. The van der Waals surface area contributed by atoms with E-state index in [9.17, 15) is 4.79 Å². The van der Waals surface area contributed by atoms with Crippen molar-refractivity contribution in [2.75, 3.05) is 6.79 Å². The summed E-state index contributed by atoms with van der Waals surface area (Å²) in [6.45, 7) is 0.226. The lowest BCUT2D eigenvalue weighted by molar-refractivity contribution is 0.104. The SMILES string of the molecule is O=C(/C=C/c1cc2c(cc1Br)OCO2)c1cccnc1. The maximum Gasteiger partial charge on any atom is 0.231 e. The van der Waals surface area contributed by atoms with Gasteiger partial charge in [-0.3, -0.25) is 9.78 Å². The monoisotopic (exact) mass is 331 g/mol. The summed E-state index contributed by atoms with van der Waals surface area (Å²) in [7, 11) is 0. The Morgan fingerprint density at radius 2 is 2.10 bits per heavy atom. The van der Waals surface area contributed by atoms with Crippen LogP contribution in [0.3, 0.4) is 0 Å². The van der Waals surface area contributed by atoms with E-state index in [0.717, 1.165) is 10.0 Å². The minimum absolute atomic E-state index is 0.0948. The number of allylic oxidation sites excluding steroid dienone is 1. The van der Waals surface area contributed by atoms with E-state index in [2.05, 4.69) is 20.9 Å². The van der Waals surface area contributed by atoms with Crippen molar-refractivity contribution in [2.45, 2.75) is 0 Å². The van der Waals surface area contributed by atoms with Crippen LogP contribution in [0.5, 0.6) is 11.5 Å². The van der Waals surface area contributed by atoms with Gasteiger partial charge < -0.3 is 9.47 Å². The third-order valence-corrected chi connectivity index (χ3v) is 3.54. The molecule has 0 atom stereocenters. The Kier molecular flexibility index (Phi) is 3.52. The third kappa shape index (κ3) is 2.58. The van der Waals surface area contributed by atoms with Gasteiger partial charge in [-0.15, -0.1) is 0 Å². The first-order valence-corrected chi connectivity index (χ1v) is 6.75. The topological polar surface area (TPSA) is 48.4 Å². The molecule has 0 saturated heterocycles. The summed E-state index contributed by atoms with van der Waals surface area (Å²) in [5, 5.41) is 0. The normalized spacial score (nSPS) is 12.8. The number of ketones is 1. The minimum Gasteiger partial charge on any atom is -0.454 e. The van der Waals surface area contributed by atoms with Gasteiger partial charge in [-0.25, -0.2) is 0 Å². The molecule has 0 spiro atoms. The second kappa shape index (κ2) is 5.46. The van der Waals surface area contributed by atoms with Gasteiger partial charge in [0.15, 0.2) is 17.3 Å². The molecule has 5 heteroatoms. The molecule has 1 aromatic heterocycles. The number of hydrogen-bond acceptors (Lipinski definition) is 4. The van der Waals surface area contributed by atoms with Gasteiger partial charge in [0, 0.05) is 22.4 Å². The largest absolute Gasteiger partial charge is 0.454 e. The molecule has 0 radical (unpaired) electrons. The van der Waals surface area contributed by atoms with Crippen LogP contribution < -0.4 is 9.47 Å². The lowest BCUT2D eigenvalue weighted by atomic mass is 10.1. The number of hydrogen-bond donors (Lipinski definition) is 0. The second-order valence-corrected chi connectivity index (χ2v) is 5.02. The maximum atomic E-state index is 12.0. The van der Waals surface area contributed by atoms with E-state index in [0.29, 0.717) is 17.1 Å². The standard InChI is InChI=1S/C15H10BrNO3/c16-12-7-15-14(19-9-20-15)6-10(12)3-4-13(18)11-2-1-5-17-8-11/h1-8H,9H2/b4-3+. The van der Waals surface area contributed by atoms with Gasteiger partial charge in [0.05, 0.1) is 0 Å². The molecule has 0 N–H and O–H groups in total. The molecule has 20 heavy (non-hydrogen) atoms. The summed E-state index contributed by atoms with van der Waals surface area (Å²) in [5.74, 6) is 1.29. The summed E-state index contributed by atoms with van der Waals surface area (Å²) < 4.78 is 11.4. The van der Waals surface area contributed by atoms with Crippen molar-refractivity contribution in [3.63, 3.8) is 0 Å². The second-order valence-electron chi connectivity index (χ2n) is 4.17. The molecule has 0 saturated carbocycles. The Morgan fingerprint density at radius 3 is 2.85 bits per heavy atom. The zero-order valence-electron chi connectivity index (χ0n) is 10.4. The summed E-state index contributed by atoms with van der Waals surface area (Å²) in [5.41, 5.74) is 1.41. The van der Waals surface area contributed by atoms with E-state index >= 15 is 0 Å². The van der Waals surface area contributed by atoms with Gasteiger partial charge in [0.25, 0.3) is 0 Å². The number of pyridine rings is 1. The summed E-state index contributed by atoms with van der Waals surface area (Å²) in [4.78, 5) is 15.9. The average molecular weight is 332 g/mol. The van der Waals surface area contributed by atoms with Crippen molar-refractivity contribution in [2.24, 2.45) is 0 Å². The molecular formula is C15H10BrNO3. The zero-order valence-corrected chi connectivity index (χ0v) is 12.0. The van der Waals surface area contributed by atoms with Gasteiger partial charge >= 0.3 is 0 Å². The van der Waals surface area contributed by atoms with Crippen molar-refractivity contribution in [3.05, 3.63) is 58.3 Å². The first kappa shape index (κ1) is 12.9. The zero-order chi connectivity index (χ0) is 13.9. The lowest BCUT2D eigenvalue weighted by Crippen LogP contribution is -1.94. The van der Waals surface area contributed by atoms with Gasteiger partial charge in [0.2, 0.25) is 6.79 Å². The number of aromatic nitrogens is 1. The minimum atomic E-state index is -0.0948. The van der Waals surface area contributed by atoms with Gasteiger partial charge in [0.1, 0.15) is 0 Å². The predicted octanol–water partition coefficient (Wildman–Crippen LogP) is 3.47. The molecule has 1 aliphatic heterocycles.